The number of hydrogen-bond acceptors (Lipinski definition) is 4. The molecular weight excluding hydrogens is 292 g/mol. The SMILES string of the molecule is CC(C)(C)[Si](C)(C)OCC[C@@H]1CC[C@@H](OS(C)(=O)=O)C1. The Kier molecular flexibility index (Phi) is 5.86. The first-order valence-electron chi connectivity index (χ1n) is 7.43. The second-order valence-electron chi connectivity index (χ2n) is 7.50. The third kappa shape index (κ3) is 5.83. The van der Waals surface area contributed by atoms with E-state index < -0.39 is 18.4 Å². The summed E-state index contributed by atoms with van der Waals surface area (Å²) in [7, 11) is -4.98. The minimum absolute atomic E-state index is 0.122. The van der Waals surface area contributed by atoms with E-state index in [1.807, 2.05) is 0 Å². The number of hydrogen-bond donors (Lipinski definition) is 0. The molecule has 0 radical (unpaired) electrons. The fourth-order valence-electron chi connectivity index (χ4n) is 2.32. The Hall–Kier alpha value is 0.0869. The lowest BCUT2D eigenvalue weighted by molar-refractivity contribution is 0.206. The molecule has 2 atom stereocenters. The molecule has 0 saturated heterocycles. The highest BCUT2D eigenvalue weighted by molar-refractivity contribution is 7.86. The highest BCUT2D eigenvalue weighted by Crippen LogP contribution is 2.37. The molecule has 1 fully saturated rings. The lowest BCUT2D eigenvalue weighted by atomic mass is 10.1. The molecule has 0 amide bonds. The molecule has 1 saturated carbocycles. The van der Waals surface area contributed by atoms with Gasteiger partial charge in [-0.05, 0) is 49.7 Å². The molecule has 0 N–H and O–H groups in total. The van der Waals surface area contributed by atoms with Crippen molar-refractivity contribution in [2.45, 2.75) is 70.7 Å². The maximum Gasteiger partial charge on any atom is 0.264 e. The van der Waals surface area contributed by atoms with Gasteiger partial charge in [0, 0.05) is 6.61 Å². The standard InChI is InChI=1S/C14H30O4SSi/c1-14(2,3)20(5,6)17-10-9-12-7-8-13(11-12)18-19(4,15)16/h12-13H,7-11H2,1-6H3/t12-,13+/m0/s1. The van der Waals surface area contributed by atoms with Crippen molar-refractivity contribution in [2.75, 3.05) is 12.9 Å². The Morgan fingerprint density at radius 3 is 2.30 bits per heavy atom. The molecule has 0 aliphatic heterocycles. The third-order valence-electron chi connectivity index (χ3n) is 4.60. The summed E-state index contributed by atoms with van der Waals surface area (Å²) in [5.74, 6) is 0.534. The fraction of sp³-hybridized carbons (Fsp3) is 1.00. The monoisotopic (exact) mass is 322 g/mol. The van der Waals surface area contributed by atoms with Gasteiger partial charge in [-0.15, -0.1) is 0 Å². The smallest absolute Gasteiger partial charge is 0.264 e. The molecule has 0 heterocycles. The van der Waals surface area contributed by atoms with Crippen LogP contribution in [0.15, 0.2) is 0 Å². The Morgan fingerprint density at radius 2 is 1.80 bits per heavy atom. The van der Waals surface area contributed by atoms with Crippen molar-refractivity contribution in [1.29, 1.82) is 0 Å². The zero-order chi connectivity index (χ0) is 15.6. The van der Waals surface area contributed by atoms with Crippen LogP contribution in [0.1, 0.15) is 46.5 Å². The molecule has 1 aliphatic carbocycles. The van der Waals surface area contributed by atoms with Gasteiger partial charge in [-0.3, -0.25) is 4.18 Å². The van der Waals surface area contributed by atoms with Crippen molar-refractivity contribution in [1.82, 2.24) is 0 Å². The Balaban J connectivity index is 2.32. The lowest BCUT2D eigenvalue weighted by Crippen LogP contribution is -2.41. The van der Waals surface area contributed by atoms with E-state index in [0.717, 1.165) is 38.5 Å². The minimum atomic E-state index is -3.32. The predicted molar refractivity (Wildman–Crippen MR) is 84.8 cm³/mol. The first kappa shape index (κ1) is 18.1. The molecule has 120 valence electrons. The molecule has 1 aliphatic rings. The number of rotatable bonds is 6. The van der Waals surface area contributed by atoms with Crippen LogP contribution < -0.4 is 0 Å². The lowest BCUT2D eigenvalue weighted by Gasteiger charge is -2.36. The molecule has 0 aromatic rings. The molecule has 20 heavy (non-hydrogen) atoms. The van der Waals surface area contributed by atoms with E-state index in [4.69, 9.17) is 8.61 Å². The van der Waals surface area contributed by atoms with E-state index in [0.29, 0.717) is 5.92 Å². The summed E-state index contributed by atoms with van der Waals surface area (Å²) in [5.41, 5.74) is 0. The van der Waals surface area contributed by atoms with Crippen LogP contribution in [0.2, 0.25) is 18.1 Å². The zero-order valence-electron chi connectivity index (χ0n) is 13.7. The van der Waals surface area contributed by atoms with Crippen LogP contribution in [0.3, 0.4) is 0 Å². The van der Waals surface area contributed by atoms with Crippen molar-refractivity contribution in [2.24, 2.45) is 5.92 Å². The summed E-state index contributed by atoms with van der Waals surface area (Å²) >= 11 is 0. The summed E-state index contributed by atoms with van der Waals surface area (Å²) in [6.07, 6.45) is 4.74. The van der Waals surface area contributed by atoms with Gasteiger partial charge in [0.15, 0.2) is 8.32 Å². The van der Waals surface area contributed by atoms with Gasteiger partial charge >= 0.3 is 0 Å². The van der Waals surface area contributed by atoms with Crippen LogP contribution in [0.25, 0.3) is 0 Å². The van der Waals surface area contributed by atoms with Gasteiger partial charge < -0.3 is 4.43 Å². The molecule has 0 aromatic heterocycles. The van der Waals surface area contributed by atoms with Gasteiger partial charge in [-0.2, -0.15) is 8.42 Å². The quantitative estimate of drug-likeness (QED) is 0.554. The van der Waals surface area contributed by atoms with Gasteiger partial charge in [0.05, 0.1) is 12.4 Å². The Labute approximate surface area is 125 Å². The van der Waals surface area contributed by atoms with E-state index >= 15 is 0 Å². The van der Waals surface area contributed by atoms with Gasteiger partial charge in [-0.1, -0.05) is 20.8 Å². The maximum absolute atomic E-state index is 11.1. The fourth-order valence-corrected chi connectivity index (χ4v) is 4.05. The van der Waals surface area contributed by atoms with Gasteiger partial charge in [0.1, 0.15) is 0 Å². The summed E-state index contributed by atoms with van der Waals surface area (Å²) in [6.45, 7) is 12.0. The molecule has 0 aromatic carbocycles. The van der Waals surface area contributed by atoms with Crippen molar-refractivity contribution in [3.8, 4) is 0 Å². The second kappa shape index (κ2) is 6.46. The van der Waals surface area contributed by atoms with E-state index in [1.165, 1.54) is 0 Å². The van der Waals surface area contributed by atoms with Crippen LogP contribution in [0.5, 0.6) is 0 Å². The normalized spacial score (nSPS) is 25.1. The topological polar surface area (TPSA) is 52.6 Å². The molecule has 6 heteroatoms. The van der Waals surface area contributed by atoms with E-state index in [9.17, 15) is 8.42 Å². The third-order valence-corrected chi connectivity index (χ3v) is 9.76. The maximum atomic E-state index is 11.1. The van der Waals surface area contributed by atoms with Crippen LogP contribution >= 0.6 is 0 Å². The van der Waals surface area contributed by atoms with Gasteiger partial charge in [0.25, 0.3) is 10.1 Å². The highest BCUT2D eigenvalue weighted by Gasteiger charge is 2.37. The van der Waals surface area contributed by atoms with Crippen LogP contribution in [0, 0.1) is 5.92 Å². The van der Waals surface area contributed by atoms with Crippen molar-refractivity contribution >= 4 is 18.4 Å². The molecule has 0 bridgehead atoms. The van der Waals surface area contributed by atoms with Crippen molar-refractivity contribution in [3.05, 3.63) is 0 Å². The largest absolute Gasteiger partial charge is 0.417 e. The average molecular weight is 323 g/mol. The van der Waals surface area contributed by atoms with E-state index in [1.54, 1.807) is 0 Å². The van der Waals surface area contributed by atoms with E-state index in [-0.39, 0.29) is 11.1 Å². The first-order chi connectivity index (χ1) is 8.91. The van der Waals surface area contributed by atoms with Crippen LogP contribution in [-0.2, 0) is 18.7 Å². The van der Waals surface area contributed by atoms with Crippen molar-refractivity contribution in [3.63, 3.8) is 0 Å². The molecule has 0 spiro atoms. The minimum Gasteiger partial charge on any atom is -0.417 e. The second-order valence-corrected chi connectivity index (χ2v) is 13.9. The molecule has 4 nitrogen and oxygen atoms in total. The highest BCUT2D eigenvalue weighted by atomic mass is 32.2. The predicted octanol–water partition coefficient (Wildman–Crippen LogP) is 3.54. The molecule has 0 unspecified atom stereocenters. The van der Waals surface area contributed by atoms with E-state index in [2.05, 4.69) is 33.9 Å². The summed E-state index contributed by atoms with van der Waals surface area (Å²) in [5, 5.41) is 0.241. The van der Waals surface area contributed by atoms with Gasteiger partial charge in [-0.25, -0.2) is 0 Å². The Morgan fingerprint density at radius 1 is 1.20 bits per heavy atom. The zero-order valence-corrected chi connectivity index (χ0v) is 15.5. The van der Waals surface area contributed by atoms with Crippen LogP contribution in [0.4, 0.5) is 0 Å². The summed E-state index contributed by atoms with van der Waals surface area (Å²) in [6, 6.07) is 0. The van der Waals surface area contributed by atoms with Crippen molar-refractivity contribution < 1.29 is 17.0 Å². The molecule has 1 rings (SSSR count). The van der Waals surface area contributed by atoms with Gasteiger partial charge in [0.2, 0.25) is 0 Å². The van der Waals surface area contributed by atoms with Crippen LogP contribution in [-0.4, -0.2) is 35.7 Å². The molecular formula is C14H30O4SSi. The first-order valence-corrected chi connectivity index (χ1v) is 12.2. The summed E-state index contributed by atoms with van der Waals surface area (Å²) in [4.78, 5) is 0. The summed E-state index contributed by atoms with van der Waals surface area (Å²) < 4.78 is 33.5. The Bertz CT molecular complexity index is 411. The average Bonchev–Trinajstić information content (AvgIpc) is 2.60.